The van der Waals surface area contributed by atoms with Crippen LogP contribution in [0.4, 0.5) is 5.82 Å². The number of benzene rings is 1. The first-order valence-electron chi connectivity index (χ1n) is 7.30. The summed E-state index contributed by atoms with van der Waals surface area (Å²) in [5.41, 5.74) is 0.183. The van der Waals surface area contributed by atoms with E-state index >= 15 is 0 Å². The number of carbonyl (C=O) groups is 1. The van der Waals surface area contributed by atoms with Gasteiger partial charge in [-0.2, -0.15) is 0 Å². The standard InChI is InChI=1S/C16H17N3O3/c20-16(21)12-5-4-6-13(9-12)22-15-10-14(17-11-18-15)19-7-2-1-3-8-19/h4-6,9-11H,1-3,7-8H2,(H,20,21). The molecular weight excluding hydrogens is 282 g/mol. The molecule has 2 aromatic rings. The van der Waals surface area contributed by atoms with Gasteiger partial charge in [0.25, 0.3) is 0 Å². The van der Waals surface area contributed by atoms with Crippen LogP contribution in [-0.4, -0.2) is 34.1 Å². The molecule has 6 heteroatoms. The van der Waals surface area contributed by atoms with E-state index in [9.17, 15) is 4.79 Å². The molecule has 0 amide bonds. The van der Waals surface area contributed by atoms with Crippen molar-refractivity contribution in [3.8, 4) is 11.6 Å². The van der Waals surface area contributed by atoms with Gasteiger partial charge in [0.05, 0.1) is 5.56 Å². The normalized spacial score (nSPS) is 14.6. The van der Waals surface area contributed by atoms with Gasteiger partial charge in [-0.3, -0.25) is 0 Å². The van der Waals surface area contributed by atoms with Gasteiger partial charge in [-0.05, 0) is 37.5 Å². The van der Waals surface area contributed by atoms with Crippen molar-refractivity contribution in [2.45, 2.75) is 19.3 Å². The average molecular weight is 299 g/mol. The predicted molar refractivity (Wildman–Crippen MR) is 81.6 cm³/mol. The van der Waals surface area contributed by atoms with Gasteiger partial charge in [0.1, 0.15) is 17.9 Å². The third-order valence-corrected chi connectivity index (χ3v) is 3.61. The van der Waals surface area contributed by atoms with Crippen molar-refractivity contribution in [2.75, 3.05) is 18.0 Å². The van der Waals surface area contributed by atoms with E-state index in [4.69, 9.17) is 9.84 Å². The molecule has 6 nitrogen and oxygen atoms in total. The Hall–Kier alpha value is -2.63. The molecule has 1 aliphatic heterocycles. The summed E-state index contributed by atoms with van der Waals surface area (Å²) in [6.45, 7) is 1.98. The number of aromatic nitrogens is 2. The Bertz CT molecular complexity index is 669. The number of nitrogens with zero attached hydrogens (tertiary/aromatic N) is 3. The molecule has 1 aromatic heterocycles. The van der Waals surface area contributed by atoms with Crippen molar-refractivity contribution in [3.05, 3.63) is 42.2 Å². The largest absolute Gasteiger partial charge is 0.478 e. The lowest BCUT2D eigenvalue weighted by Crippen LogP contribution is -2.30. The molecule has 3 rings (SSSR count). The minimum absolute atomic E-state index is 0.183. The summed E-state index contributed by atoms with van der Waals surface area (Å²) in [6, 6.07) is 8.14. The van der Waals surface area contributed by atoms with Crippen LogP contribution < -0.4 is 9.64 Å². The fourth-order valence-electron chi connectivity index (χ4n) is 2.50. The minimum atomic E-state index is -0.984. The molecule has 0 spiro atoms. The first-order chi connectivity index (χ1) is 10.7. The summed E-state index contributed by atoms with van der Waals surface area (Å²) in [5.74, 6) is 0.725. The van der Waals surface area contributed by atoms with Gasteiger partial charge in [-0.25, -0.2) is 14.8 Å². The molecule has 1 aromatic carbocycles. The molecule has 1 aliphatic rings. The monoisotopic (exact) mass is 299 g/mol. The molecule has 1 N–H and O–H groups in total. The smallest absolute Gasteiger partial charge is 0.335 e. The van der Waals surface area contributed by atoms with Crippen LogP contribution in [0.15, 0.2) is 36.7 Å². The zero-order valence-corrected chi connectivity index (χ0v) is 12.1. The minimum Gasteiger partial charge on any atom is -0.478 e. The SMILES string of the molecule is O=C(O)c1cccc(Oc2cc(N3CCCCC3)ncn2)c1. The molecule has 0 bridgehead atoms. The number of anilines is 1. The van der Waals surface area contributed by atoms with Crippen molar-refractivity contribution >= 4 is 11.8 Å². The molecule has 0 saturated carbocycles. The maximum absolute atomic E-state index is 11.0. The number of ether oxygens (including phenoxy) is 1. The van der Waals surface area contributed by atoms with Gasteiger partial charge >= 0.3 is 5.97 Å². The number of aromatic carboxylic acids is 1. The molecule has 0 atom stereocenters. The van der Waals surface area contributed by atoms with Crippen LogP contribution in [0.25, 0.3) is 0 Å². The van der Waals surface area contributed by atoms with E-state index in [1.807, 2.05) is 0 Å². The summed E-state index contributed by atoms with van der Waals surface area (Å²) in [5, 5.41) is 9.00. The summed E-state index contributed by atoms with van der Waals surface area (Å²) < 4.78 is 5.66. The van der Waals surface area contributed by atoms with E-state index < -0.39 is 5.97 Å². The second-order valence-corrected chi connectivity index (χ2v) is 5.20. The quantitative estimate of drug-likeness (QED) is 0.935. The number of hydrogen-bond donors (Lipinski definition) is 1. The van der Waals surface area contributed by atoms with Gasteiger partial charge in [0, 0.05) is 19.2 Å². The number of piperidine rings is 1. The van der Waals surface area contributed by atoms with Crippen LogP contribution >= 0.6 is 0 Å². The third kappa shape index (κ3) is 3.33. The highest BCUT2D eigenvalue weighted by molar-refractivity contribution is 5.88. The summed E-state index contributed by atoms with van der Waals surface area (Å²) in [4.78, 5) is 21.6. The Morgan fingerprint density at radius 2 is 1.95 bits per heavy atom. The summed E-state index contributed by atoms with van der Waals surface area (Å²) in [7, 11) is 0. The van der Waals surface area contributed by atoms with Crippen molar-refractivity contribution < 1.29 is 14.6 Å². The lowest BCUT2D eigenvalue weighted by Gasteiger charge is -2.27. The molecule has 0 radical (unpaired) electrons. The molecule has 1 saturated heterocycles. The highest BCUT2D eigenvalue weighted by Crippen LogP contribution is 2.24. The first kappa shape index (κ1) is 14.3. The third-order valence-electron chi connectivity index (χ3n) is 3.61. The van der Waals surface area contributed by atoms with E-state index in [2.05, 4.69) is 14.9 Å². The Labute approximate surface area is 128 Å². The fourth-order valence-corrected chi connectivity index (χ4v) is 2.50. The van der Waals surface area contributed by atoms with E-state index in [0.717, 1.165) is 18.9 Å². The Kier molecular flexibility index (Phi) is 4.18. The molecule has 22 heavy (non-hydrogen) atoms. The van der Waals surface area contributed by atoms with Gasteiger partial charge in [-0.1, -0.05) is 6.07 Å². The number of rotatable bonds is 4. The predicted octanol–water partition coefficient (Wildman–Crippen LogP) is 2.96. The highest BCUT2D eigenvalue weighted by Gasteiger charge is 2.13. The van der Waals surface area contributed by atoms with E-state index in [1.54, 1.807) is 18.2 Å². The molecule has 2 heterocycles. The second-order valence-electron chi connectivity index (χ2n) is 5.20. The van der Waals surface area contributed by atoms with Crippen molar-refractivity contribution in [3.63, 3.8) is 0 Å². The Balaban J connectivity index is 1.77. The van der Waals surface area contributed by atoms with E-state index in [1.165, 1.54) is 37.7 Å². The van der Waals surface area contributed by atoms with Crippen LogP contribution in [0.5, 0.6) is 11.6 Å². The summed E-state index contributed by atoms with van der Waals surface area (Å²) in [6.07, 6.45) is 5.06. The molecule has 1 fully saturated rings. The van der Waals surface area contributed by atoms with Crippen LogP contribution in [0.2, 0.25) is 0 Å². The number of carboxylic acid groups (broad SMARTS) is 1. The highest BCUT2D eigenvalue weighted by atomic mass is 16.5. The number of carboxylic acids is 1. The van der Waals surface area contributed by atoms with Gasteiger partial charge in [0.2, 0.25) is 5.88 Å². The van der Waals surface area contributed by atoms with Gasteiger partial charge in [0.15, 0.2) is 0 Å². The molecular formula is C16H17N3O3. The Morgan fingerprint density at radius 1 is 1.14 bits per heavy atom. The molecule has 0 unspecified atom stereocenters. The fraction of sp³-hybridized carbons (Fsp3) is 0.312. The van der Waals surface area contributed by atoms with Crippen LogP contribution in [0.1, 0.15) is 29.6 Å². The molecule has 0 aliphatic carbocycles. The maximum Gasteiger partial charge on any atom is 0.335 e. The van der Waals surface area contributed by atoms with E-state index in [0.29, 0.717) is 11.6 Å². The van der Waals surface area contributed by atoms with Crippen LogP contribution in [-0.2, 0) is 0 Å². The number of hydrogen-bond acceptors (Lipinski definition) is 5. The van der Waals surface area contributed by atoms with Gasteiger partial charge in [-0.15, -0.1) is 0 Å². The van der Waals surface area contributed by atoms with Crippen molar-refractivity contribution in [2.24, 2.45) is 0 Å². The Morgan fingerprint density at radius 3 is 2.73 bits per heavy atom. The topological polar surface area (TPSA) is 75.6 Å². The lowest BCUT2D eigenvalue weighted by molar-refractivity contribution is 0.0696. The second kappa shape index (κ2) is 6.43. The van der Waals surface area contributed by atoms with Crippen molar-refractivity contribution in [1.82, 2.24) is 9.97 Å². The van der Waals surface area contributed by atoms with E-state index in [-0.39, 0.29) is 5.56 Å². The maximum atomic E-state index is 11.0. The van der Waals surface area contributed by atoms with Crippen molar-refractivity contribution in [1.29, 1.82) is 0 Å². The van der Waals surface area contributed by atoms with Crippen LogP contribution in [0.3, 0.4) is 0 Å². The van der Waals surface area contributed by atoms with Gasteiger partial charge < -0.3 is 14.7 Å². The zero-order valence-electron chi connectivity index (χ0n) is 12.1. The summed E-state index contributed by atoms with van der Waals surface area (Å²) >= 11 is 0. The zero-order chi connectivity index (χ0) is 15.4. The molecule has 114 valence electrons. The average Bonchev–Trinajstić information content (AvgIpc) is 2.56. The first-order valence-corrected chi connectivity index (χ1v) is 7.30. The lowest BCUT2D eigenvalue weighted by atomic mass is 10.1. The van der Waals surface area contributed by atoms with Crippen LogP contribution in [0, 0.1) is 0 Å².